The van der Waals surface area contributed by atoms with Crippen molar-refractivity contribution in [2.45, 2.75) is 27.2 Å². The lowest BCUT2D eigenvalue weighted by Gasteiger charge is -2.23. The summed E-state index contributed by atoms with van der Waals surface area (Å²) >= 11 is 0. The normalized spacial score (nSPS) is 11.6. The van der Waals surface area contributed by atoms with Crippen LogP contribution < -0.4 is 4.90 Å². The van der Waals surface area contributed by atoms with Crippen LogP contribution in [0.25, 0.3) is 0 Å². The van der Waals surface area contributed by atoms with E-state index >= 15 is 0 Å². The number of benzene rings is 1. The fourth-order valence-electron chi connectivity index (χ4n) is 1.67. The highest BCUT2D eigenvalue weighted by atomic mass is 19.1. The smallest absolute Gasteiger partial charge is 0.125 e. The Labute approximate surface area is 91.9 Å². The summed E-state index contributed by atoms with van der Waals surface area (Å²) in [6.07, 6.45) is 0.959. The van der Waals surface area contributed by atoms with Crippen LogP contribution in [0.3, 0.4) is 0 Å². The molecular formula is C13H20FN. The quantitative estimate of drug-likeness (QED) is 0.720. The maximum Gasteiger partial charge on any atom is 0.125 e. The molecule has 84 valence electrons. The van der Waals surface area contributed by atoms with Crippen molar-refractivity contribution in [1.82, 2.24) is 0 Å². The molecule has 0 saturated carbocycles. The zero-order valence-corrected chi connectivity index (χ0v) is 10.3. The molecule has 0 aliphatic heterocycles. The molecule has 15 heavy (non-hydrogen) atoms. The van der Waals surface area contributed by atoms with Gasteiger partial charge >= 0.3 is 0 Å². The number of nitrogens with zero attached hydrogens (tertiary/aromatic N) is 1. The van der Waals surface area contributed by atoms with Gasteiger partial charge in [0.2, 0.25) is 0 Å². The molecule has 0 spiro atoms. The molecule has 0 bridgehead atoms. The summed E-state index contributed by atoms with van der Waals surface area (Å²) in [5.41, 5.74) is 2.40. The van der Waals surface area contributed by atoms with Crippen molar-refractivity contribution in [2.75, 3.05) is 19.0 Å². The Morgan fingerprint density at radius 3 is 2.27 bits per heavy atom. The molecule has 0 unspecified atom stereocenters. The fourth-order valence-corrected chi connectivity index (χ4v) is 1.67. The first-order valence-corrected chi connectivity index (χ1v) is 5.25. The lowest BCUT2D eigenvalue weighted by Crippen LogP contribution is -2.16. The largest absolute Gasteiger partial charge is 0.377 e. The van der Waals surface area contributed by atoms with E-state index in [0.717, 1.165) is 12.1 Å². The van der Waals surface area contributed by atoms with Gasteiger partial charge in [0, 0.05) is 19.8 Å². The molecule has 0 heterocycles. The van der Waals surface area contributed by atoms with Crippen LogP contribution in [-0.2, 0) is 6.42 Å². The van der Waals surface area contributed by atoms with Crippen LogP contribution >= 0.6 is 0 Å². The average molecular weight is 209 g/mol. The molecule has 0 aliphatic carbocycles. The van der Waals surface area contributed by atoms with E-state index in [9.17, 15) is 4.39 Å². The van der Waals surface area contributed by atoms with Crippen LogP contribution in [0.5, 0.6) is 0 Å². The highest BCUT2D eigenvalue weighted by molar-refractivity contribution is 5.53. The minimum atomic E-state index is -0.170. The summed E-state index contributed by atoms with van der Waals surface area (Å²) in [6, 6.07) is 5.02. The van der Waals surface area contributed by atoms with Crippen molar-refractivity contribution in [3.63, 3.8) is 0 Å². The number of rotatable bonds is 2. The molecule has 0 aromatic heterocycles. The Balaban J connectivity index is 3.06. The zero-order valence-electron chi connectivity index (χ0n) is 10.3. The van der Waals surface area contributed by atoms with Crippen molar-refractivity contribution >= 4 is 5.69 Å². The summed E-state index contributed by atoms with van der Waals surface area (Å²) in [7, 11) is 3.89. The minimum Gasteiger partial charge on any atom is -0.377 e. The number of halogens is 1. The van der Waals surface area contributed by atoms with Gasteiger partial charge in [-0.05, 0) is 29.5 Å². The Hall–Kier alpha value is -1.05. The Morgan fingerprint density at radius 1 is 1.20 bits per heavy atom. The van der Waals surface area contributed by atoms with Crippen molar-refractivity contribution < 1.29 is 4.39 Å². The van der Waals surface area contributed by atoms with Gasteiger partial charge in [-0.25, -0.2) is 4.39 Å². The third-order valence-corrected chi connectivity index (χ3v) is 2.25. The first-order valence-electron chi connectivity index (χ1n) is 5.25. The Bertz CT molecular complexity index is 337. The molecule has 0 amide bonds. The van der Waals surface area contributed by atoms with Crippen molar-refractivity contribution in [3.8, 4) is 0 Å². The fraction of sp³-hybridized carbons (Fsp3) is 0.538. The molecule has 1 rings (SSSR count). The summed E-state index contributed by atoms with van der Waals surface area (Å²) in [5, 5.41) is 0. The number of anilines is 1. The predicted molar refractivity (Wildman–Crippen MR) is 63.9 cm³/mol. The lowest BCUT2D eigenvalue weighted by molar-refractivity contribution is 0.411. The first kappa shape index (κ1) is 12.0. The highest BCUT2D eigenvalue weighted by Gasteiger charge is 2.15. The van der Waals surface area contributed by atoms with Crippen molar-refractivity contribution in [2.24, 2.45) is 5.41 Å². The van der Waals surface area contributed by atoms with Gasteiger partial charge in [0.25, 0.3) is 0 Å². The predicted octanol–water partition coefficient (Wildman–Crippen LogP) is 3.48. The molecule has 2 heteroatoms. The number of hydrogen-bond donors (Lipinski definition) is 0. The van der Waals surface area contributed by atoms with Gasteiger partial charge in [0.1, 0.15) is 5.82 Å². The summed E-state index contributed by atoms with van der Waals surface area (Å²) in [4.78, 5) is 1.96. The van der Waals surface area contributed by atoms with Gasteiger partial charge in [-0.1, -0.05) is 26.8 Å². The molecule has 0 aliphatic rings. The lowest BCUT2D eigenvalue weighted by atomic mass is 9.87. The van der Waals surface area contributed by atoms with Gasteiger partial charge in [0.15, 0.2) is 0 Å². The van der Waals surface area contributed by atoms with Gasteiger partial charge in [-0.15, -0.1) is 0 Å². The van der Waals surface area contributed by atoms with Gasteiger partial charge < -0.3 is 4.90 Å². The van der Waals surface area contributed by atoms with Crippen LogP contribution in [0.4, 0.5) is 10.1 Å². The third kappa shape index (κ3) is 3.54. The molecule has 0 atom stereocenters. The molecule has 1 aromatic carbocycles. The second-order valence-corrected chi connectivity index (χ2v) is 5.40. The Morgan fingerprint density at radius 2 is 1.80 bits per heavy atom. The molecule has 1 aromatic rings. The van der Waals surface area contributed by atoms with Crippen LogP contribution in [0.15, 0.2) is 18.2 Å². The molecule has 0 fully saturated rings. The van der Waals surface area contributed by atoms with Crippen molar-refractivity contribution in [3.05, 3.63) is 29.6 Å². The molecule has 0 saturated heterocycles. The summed E-state index contributed by atoms with van der Waals surface area (Å²) in [6.45, 7) is 6.57. The van der Waals surface area contributed by atoms with E-state index in [1.807, 2.05) is 25.1 Å². The monoisotopic (exact) mass is 209 g/mol. The van der Waals surface area contributed by atoms with E-state index in [2.05, 4.69) is 20.8 Å². The number of hydrogen-bond acceptors (Lipinski definition) is 1. The van der Waals surface area contributed by atoms with E-state index in [4.69, 9.17) is 0 Å². The van der Waals surface area contributed by atoms with Gasteiger partial charge in [0.05, 0.1) is 0 Å². The van der Waals surface area contributed by atoms with Crippen LogP contribution in [0, 0.1) is 11.2 Å². The van der Waals surface area contributed by atoms with Crippen LogP contribution in [0.1, 0.15) is 26.3 Å². The maximum absolute atomic E-state index is 13.1. The summed E-state index contributed by atoms with van der Waals surface area (Å²) in [5.74, 6) is -0.170. The van der Waals surface area contributed by atoms with E-state index in [0.29, 0.717) is 0 Å². The highest BCUT2D eigenvalue weighted by Crippen LogP contribution is 2.27. The second-order valence-electron chi connectivity index (χ2n) is 5.40. The molecule has 0 radical (unpaired) electrons. The van der Waals surface area contributed by atoms with E-state index in [-0.39, 0.29) is 11.2 Å². The van der Waals surface area contributed by atoms with Gasteiger partial charge in [-0.2, -0.15) is 0 Å². The van der Waals surface area contributed by atoms with Gasteiger partial charge in [-0.3, -0.25) is 0 Å². The second kappa shape index (κ2) is 4.21. The average Bonchev–Trinajstić information content (AvgIpc) is 2.05. The van der Waals surface area contributed by atoms with E-state index in [1.54, 1.807) is 6.07 Å². The topological polar surface area (TPSA) is 3.24 Å². The molecular weight excluding hydrogens is 189 g/mol. The van der Waals surface area contributed by atoms with Crippen LogP contribution in [0.2, 0.25) is 0 Å². The first-order chi connectivity index (χ1) is 6.79. The molecule has 0 N–H and O–H groups in total. The molecule has 1 nitrogen and oxygen atoms in total. The van der Waals surface area contributed by atoms with E-state index in [1.165, 1.54) is 11.6 Å². The van der Waals surface area contributed by atoms with E-state index < -0.39 is 0 Å². The maximum atomic E-state index is 13.1. The van der Waals surface area contributed by atoms with Crippen LogP contribution in [-0.4, -0.2) is 14.1 Å². The Kier molecular flexibility index (Phi) is 3.38. The van der Waals surface area contributed by atoms with Crippen molar-refractivity contribution in [1.29, 1.82) is 0 Å². The SMILES string of the molecule is CN(C)c1cc(F)ccc1CC(C)(C)C. The zero-order chi connectivity index (χ0) is 11.6. The summed E-state index contributed by atoms with van der Waals surface area (Å²) < 4.78 is 13.1. The minimum absolute atomic E-state index is 0.170. The standard InChI is InChI=1S/C13H20FN/c1-13(2,3)9-10-6-7-11(14)8-12(10)15(4)5/h6-8H,9H2,1-5H3. The third-order valence-electron chi connectivity index (χ3n) is 2.25.